The minimum absolute atomic E-state index is 0.0287. The number of anilines is 1. The van der Waals surface area contributed by atoms with Crippen LogP contribution in [-0.2, 0) is 24.6 Å². The predicted octanol–water partition coefficient (Wildman–Crippen LogP) is 5.72. The largest absolute Gasteiger partial charge is 0.473 e. The minimum atomic E-state index is -4.78. The number of ether oxygens (including phenoxy) is 3. The molecule has 3 aromatic rings. The van der Waals surface area contributed by atoms with Crippen LogP contribution in [0.3, 0.4) is 0 Å². The van der Waals surface area contributed by atoms with Crippen molar-refractivity contribution in [2.45, 2.75) is 31.7 Å². The Morgan fingerprint density at radius 2 is 1.74 bits per heavy atom. The van der Waals surface area contributed by atoms with Gasteiger partial charge < -0.3 is 19.1 Å². The molecule has 0 N–H and O–H groups in total. The number of hydrogen-bond donors (Lipinski definition) is 0. The maximum atomic E-state index is 14.7. The summed E-state index contributed by atoms with van der Waals surface area (Å²) < 4.78 is 85.9. The highest BCUT2D eigenvalue weighted by Gasteiger charge is 2.34. The van der Waals surface area contributed by atoms with Gasteiger partial charge in [-0.1, -0.05) is 11.6 Å². The quantitative estimate of drug-likeness (QED) is 0.345. The number of rotatable bonds is 7. The molecule has 1 aliphatic rings. The Morgan fingerprint density at radius 3 is 2.34 bits per heavy atom. The fraction of sp³-hybridized carbons (Fsp3) is 0.360. The molecule has 0 spiro atoms. The number of nitrogens with zero attached hydrogens (tertiary/aromatic N) is 3. The lowest BCUT2D eigenvalue weighted by Crippen LogP contribution is -2.39. The first-order chi connectivity index (χ1) is 18.0. The van der Waals surface area contributed by atoms with E-state index in [2.05, 4.69) is 4.98 Å². The molecule has 0 amide bonds. The summed E-state index contributed by atoms with van der Waals surface area (Å²) in [5, 5.41) is -0.578. The van der Waals surface area contributed by atoms with Crippen molar-refractivity contribution in [1.29, 1.82) is 0 Å². The molecule has 4 rings (SSSR count). The van der Waals surface area contributed by atoms with Crippen LogP contribution in [0.4, 0.5) is 27.8 Å². The fourth-order valence-corrected chi connectivity index (χ4v) is 4.28. The predicted molar refractivity (Wildman–Crippen MR) is 129 cm³/mol. The lowest BCUT2D eigenvalue weighted by atomic mass is 10.1. The van der Waals surface area contributed by atoms with Crippen molar-refractivity contribution in [2.24, 2.45) is 7.05 Å². The molecule has 1 fully saturated rings. The number of aromatic nitrogens is 2. The summed E-state index contributed by atoms with van der Waals surface area (Å²) in [6.45, 7) is 0.981. The van der Waals surface area contributed by atoms with Crippen LogP contribution in [0.2, 0.25) is 5.02 Å². The third-order valence-electron chi connectivity index (χ3n) is 6.10. The third kappa shape index (κ3) is 6.18. The Kier molecular flexibility index (Phi) is 8.12. The Hall–Kier alpha value is -3.38. The average Bonchev–Trinajstić information content (AvgIpc) is 2.87. The van der Waals surface area contributed by atoms with Gasteiger partial charge in [0.05, 0.1) is 16.7 Å². The highest BCUT2D eigenvalue weighted by Crippen LogP contribution is 2.38. The summed E-state index contributed by atoms with van der Waals surface area (Å²) in [4.78, 5) is 18.2. The van der Waals surface area contributed by atoms with Crippen molar-refractivity contribution in [3.05, 3.63) is 74.7 Å². The molecule has 38 heavy (non-hydrogen) atoms. The summed E-state index contributed by atoms with van der Waals surface area (Å²) in [7, 11) is 3.23. The lowest BCUT2D eigenvalue weighted by molar-refractivity contribution is -0.137. The van der Waals surface area contributed by atoms with Crippen LogP contribution < -0.4 is 20.1 Å². The van der Waals surface area contributed by atoms with E-state index in [9.17, 15) is 26.7 Å². The molecule has 0 atom stereocenters. The van der Waals surface area contributed by atoms with Gasteiger partial charge in [-0.05, 0) is 48.7 Å². The summed E-state index contributed by atoms with van der Waals surface area (Å²) in [6, 6.07) is 5.92. The molecule has 0 saturated carbocycles. The highest BCUT2D eigenvalue weighted by atomic mass is 35.5. The van der Waals surface area contributed by atoms with Crippen molar-refractivity contribution in [3.8, 4) is 17.4 Å². The summed E-state index contributed by atoms with van der Waals surface area (Å²) in [5.41, 5.74) is -1.72. The second-order valence-corrected chi connectivity index (χ2v) is 9.04. The Bertz CT molecular complexity index is 1350. The van der Waals surface area contributed by atoms with Gasteiger partial charge in [0.2, 0.25) is 5.88 Å². The van der Waals surface area contributed by atoms with Crippen LogP contribution in [0, 0.1) is 11.6 Å². The van der Waals surface area contributed by atoms with E-state index in [0.29, 0.717) is 25.0 Å². The zero-order valence-corrected chi connectivity index (χ0v) is 21.1. The highest BCUT2D eigenvalue weighted by molar-refractivity contribution is 6.31. The minimum Gasteiger partial charge on any atom is -0.473 e. The smallest absolute Gasteiger partial charge is 0.417 e. The fourth-order valence-electron chi connectivity index (χ4n) is 4.06. The molecular weight excluding hydrogens is 537 g/mol. The first-order valence-corrected chi connectivity index (χ1v) is 11.8. The SMILES string of the molecule is COC1CCN(c2cc(OCc3cc(F)c(Oc4ccc(Cl)c(C(F)(F)F)c4)c(F)c3)nc(=O)n2C)CC1. The molecule has 0 aliphatic carbocycles. The van der Waals surface area contributed by atoms with Crippen molar-refractivity contribution in [1.82, 2.24) is 9.55 Å². The topological polar surface area (TPSA) is 65.8 Å². The number of piperidine rings is 1. The molecule has 2 aromatic carbocycles. The zero-order chi connectivity index (χ0) is 27.6. The number of methoxy groups -OCH3 is 1. The van der Waals surface area contributed by atoms with Crippen molar-refractivity contribution < 1.29 is 36.2 Å². The molecular formula is C25H23ClF5N3O4. The van der Waals surface area contributed by atoms with Gasteiger partial charge in [0.1, 0.15) is 18.2 Å². The molecule has 0 radical (unpaired) electrons. The van der Waals surface area contributed by atoms with Crippen molar-refractivity contribution in [2.75, 3.05) is 25.1 Å². The van der Waals surface area contributed by atoms with Crippen LogP contribution in [0.25, 0.3) is 0 Å². The van der Waals surface area contributed by atoms with Crippen LogP contribution in [-0.4, -0.2) is 35.9 Å². The van der Waals surface area contributed by atoms with E-state index in [1.165, 1.54) is 4.57 Å². The van der Waals surface area contributed by atoms with Gasteiger partial charge in [0, 0.05) is 33.3 Å². The average molecular weight is 560 g/mol. The van der Waals surface area contributed by atoms with Gasteiger partial charge in [-0.3, -0.25) is 4.57 Å². The number of benzene rings is 2. The maximum absolute atomic E-state index is 14.7. The maximum Gasteiger partial charge on any atom is 0.417 e. The van der Waals surface area contributed by atoms with Crippen LogP contribution >= 0.6 is 11.6 Å². The van der Waals surface area contributed by atoms with Gasteiger partial charge in [-0.2, -0.15) is 18.2 Å². The van der Waals surface area contributed by atoms with E-state index in [1.54, 1.807) is 20.2 Å². The second-order valence-electron chi connectivity index (χ2n) is 8.64. The Morgan fingerprint density at radius 1 is 1.08 bits per heavy atom. The van der Waals surface area contributed by atoms with Gasteiger partial charge >= 0.3 is 11.9 Å². The van der Waals surface area contributed by atoms with E-state index in [-0.39, 0.29) is 24.2 Å². The molecule has 1 saturated heterocycles. The molecule has 1 aliphatic heterocycles. The van der Waals surface area contributed by atoms with E-state index in [4.69, 9.17) is 25.8 Å². The summed E-state index contributed by atoms with van der Waals surface area (Å²) >= 11 is 5.57. The third-order valence-corrected chi connectivity index (χ3v) is 6.43. The zero-order valence-electron chi connectivity index (χ0n) is 20.3. The van der Waals surface area contributed by atoms with Gasteiger partial charge in [-0.25, -0.2) is 13.6 Å². The molecule has 0 bridgehead atoms. The first kappa shape index (κ1) is 27.6. The standard InChI is InChI=1S/C25H23ClF5N3O4/c1-33-22(34-7-5-15(36-2)6-8-34)12-21(32-24(33)35)37-13-14-9-19(27)23(20(28)10-14)38-16-3-4-18(26)17(11-16)25(29,30)31/h3-4,9-12,15H,5-8,13H2,1-2H3. The number of hydrogen-bond acceptors (Lipinski definition) is 6. The van der Waals surface area contributed by atoms with E-state index >= 15 is 0 Å². The summed E-state index contributed by atoms with van der Waals surface area (Å²) in [5.74, 6) is -3.11. The van der Waals surface area contributed by atoms with Crippen LogP contribution in [0.5, 0.6) is 17.4 Å². The monoisotopic (exact) mass is 559 g/mol. The molecule has 204 valence electrons. The van der Waals surface area contributed by atoms with Crippen molar-refractivity contribution >= 4 is 17.4 Å². The van der Waals surface area contributed by atoms with Crippen LogP contribution in [0.1, 0.15) is 24.0 Å². The number of alkyl halides is 3. The Balaban J connectivity index is 1.49. The lowest BCUT2D eigenvalue weighted by Gasteiger charge is -2.33. The van der Waals surface area contributed by atoms with E-state index in [0.717, 1.165) is 37.1 Å². The van der Waals surface area contributed by atoms with Crippen molar-refractivity contribution in [3.63, 3.8) is 0 Å². The second kappa shape index (κ2) is 11.2. The molecule has 7 nitrogen and oxygen atoms in total. The van der Waals surface area contributed by atoms with E-state index in [1.807, 2.05) is 4.90 Å². The molecule has 13 heteroatoms. The van der Waals surface area contributed by atoms with Crippen LogP contribution in [0.15, 0.2) is 41.2 Å². The summed E-state index contributed by atoms with van der Waals surface area (Å²) in [6.07, 6.45) is -3.07. The normalized spacial score (nSPS) is 14.6. The number of halogens is 6. The molecule has 1 aromatic heterocycles. The molecule has 0 unspecified atom stereocenters. The first-order valence-electron chi connectivity index (χ1n) is 11.5. The van der Waals surface area contributed by atoms with E-state index < -0.39 is 45.6 Å². The van der Waals surface area contributed by atoms with Gasteiger partial charge in [0.15, 0.2) is 17.4 Å². The van der Waals surface area contributed by atoms with Gasteiger partial charge in [0.25, 0.3) is 0 Å². The van der Waals surface area contributed by atoms with Gasteiger partial charge in [-0.15, -0.1) is 0 Å². The molecule has 2 heterocycles. The Labute approximate surface area is 219 Å².